The quantitative estimate of drug-likeness (QED) is 0.125. The molecule has 0 atom stereocenters. The zero-order valence-electron chi connectivity index (χ0n) is 22.8. The molecule has 41 heavy (non-hydrogen) atoms. The number of aliphatic imine (C=N–C) groups is 1. The summed E-state index contributed by atoms with van der Waals surface area (Å²) in [6, 6.07) is 7.03. The molecule has 1 aromatic carbocycles. The van der Waals surface area contributed by atoms with Crippen LogP contribution in [0, 0.1) is 34.3 Å². The molecule has 11 heteroatoms. The first-order valence-electron chi connectivity index (χ1n) is 12.6. The minimum absolute atomic E-state index is 0.0832. The Morgan fingerprint density at radius 3 is 2.80 bits per heavy atom. The van der Waals surface area contributed by atoms with Crippen LogP contribution in [0.25, 0.3) is 10.9 Å². The molecule has 4 rings (SSSR count). The number of hydrogen-bond acceptors (Lipinski definition) is 8. The fourth-order valence-electron chi connectivity index (χ4n) is 4.38. The molecule has 0 spiro atoms. The Balaban J connectivity index is 1.42. The molecular weight excluding hydrogens is 542 g/mol. The average molecular weight is 569 g/mol. The number of carbonyl (C=O) groups excluding carboxylic acids is 1. The van der Waals surface area contributed by atoms with E-state index in [9.17, 15) is 14.9 Å². The Morgan fingerprint density at radius 1 is 1.27 bits per heavy atom. The van der Waals surface area contributed by atoms with Gasteiger partial charge < -0.3 is 19.9 Å². The fraction of sp³-hybridized carbons (Fsp3) is 0.233. The highest BCUT2D eigenvalue weighted by atomic mass is 35.5. The maximum absolute atomic E-state index is 12.8. The fourth-order valence-corrected chi connectivity index (χ4v) is 4.55. The summed E-state index contributed by atoms with van der Waals surface area (Å²) >= 11 is 6.12. The number of halogens is 1. The molecule has 10 nitrogen and oxygen atoms in total. The topological polar surface area (TPSA) is 123 Å². The van der Waals surface area contributed by atoms with Crippen LogP contribution in [-0.2, 0) is 11.2 Å². The molecule has 1 aliphatic heterocycles. The van der Waals surface area contributed by atoms with Crippen molar-refractivity contribution in [1.82, 2.24) is 15.0 Å². The minimum atomic E-state index is -0.467. The predicted molar refractivity (Wildman–Crippen MR) is 159 cm³/mol. The molecule has 1 N–H and O–H groups in total. The maximum atomic E-state index is 12.8. The second-order valence-electron chi connectivity index (χ2n) is 10.00. The van der Waals surface area contributed by atoms with E-state index in [1.54, 1.807) is 43.5 Å². The van der Waals surface area contributed by atoms with E-state index < -0.39 is 4.92 Å². The van der Waals surface area contributed by atoms with Gasteiger partial charge in [-0.1, -0.05) is 23.4 Å². The van der Waals surface area contributed by atoms with Crippen LogP contribution in [0.3, 0.4) is 0 Å². The zero-order chi connectivity index (χ0) is 29.6. The third kappa shape index (κ3) is 7.40. The smallest absolute Gasteiger partial charge is 0.358 e. The second-order valence-corrected chi connectivity index (χ2v) is 10.4. The number of likely N-dealkylation sites (N-methyl/N-ethyl adjacent to an activating group) is 1. The van der Waals surface area contributed by atoms with Crippen molar-refractivity contribution >= 4 is 45.5 Å². The van der Waals surface area contributed by atoms with Crippen molar-refractivity contribution in [3.8, 4) is 24.2 Å². The molecule has 0 bridgehead atoms. The highest BCUT2D eigenvalue weighted by molar-refractivity contribution is 6.31. The van der Waals surface area contributed by atoms with E-state index in [1.165, 1.54) is 12.4 Å². The normalized spacial score (nSPS) is 13.1. The number of rotatable bonds is 10. The SMILES string of the molecule is C#Cc1cc(Nc2ncnc3cnc(CC(=O)/C=C/C[N+](C)(C)CC4=C([N+](=O)[O-])N=C(C#CC)C4)cc23)ccc1Cl. The van der Waals surface area contributed by atoms with Gasteiger partial charge in [0, 0.05) is 22.3 Å². The maximum Gasteiger partial charge on any atom is 0.369 e. The summed E-state index contributed by atoms with van der Waals surface area (Å²) in [6.07, 6.45) is 12.3. The van der Waals surface area contributed by atoms with Crippen LogP contribution in [0.1, 0.15) is 24.6 Å². The summed E-state index contributed by atoms with van der Waals surface area (Å²) in [5, 5.41) is 15.9. The van der Waals surface area contributed by atoms with Crippen LogP contribution in [0.2, 0.25) is 5.02 Å². The Hall–Kier alpha value is -4.90. The Labute approximate surface area is 242 Å². The second kappa shape index (κ2) is 12.5. The molecule has 3 heterocycles. The van der Waals surface area contributed by atoms with Crippen LogP contribution < -0.4 is 5.32 Å². The van der Waals surface area contributed by atoms with E-state index in [2.05, 4.69) is 43.0 Å². The van der Waals surface area contributed by atoms with Gasteiger partial charge in [0.05, 0.1) is 55.8 Å². The van der Waals surface area contributed by atoms with Crippen molar-refractivity contribution < 1.29 is 14.2 Å². The predicted octanol–water partition coefficient (Wildman–Crippen LogP) is 4.50. The number of quaternary nitrogens is 1. The number of carbonyl (C=O) groups is 1. The van der Waals surface area contributed by atoms with Crippen LogP contribution in [0.4, 0.5) is 11.5 Å². The van der Waals surface area contributed by atoms with Gasteiger partial charge in [-0.3, -0.25) is 9.78 Å². The van der Waals surface area contributed by atoms with Crippen LogP contribution in [0.15, 0.2) is 65.3 Å². The van der Waals surface area contributed by atoms with Crippen LogP contribution in [-0.4, -0.2) is 63.0 Å². The van der Waals surface area contributed by atoms with Crippen molar-refractivity contribution in [2.75, 3.05) is 32.5 Å². The number of nitrogens with zero attached hydrogens (tertiary/aromatic N) is 6. The molecule has 1 aliphatic rings. The van der Waals surface area contributed by atoms with Gasteiger partial charge in [0.15, 0.2) is 5.78 Å². The van der Waals surface area contributed by atoms with Crippen molar-refractivity contribution in [3.63, 3.8) is 0 Å². The van der Waals surface area contributed by atoms with E-state index in [0.29, 0.717) is 74.0 Å². The zero-order valence-corrected chi connectivity index (χ0v) is 23.6. The molecule has 206 valence electrons. The summed E-state index contributed by atoms with van der Waals surface area (Å²) in [7, 11) is 3.88. The monoisotopic (exact) mass is 568 g/mol. The van der Waals surface area contributed by atoms with E-state index in [0.717, 1.165) is 0 Å². The number of aromatic nitrogens is 3. The lowest BCUT2D eigenvalue weighted by Crippen LogP contribution is -2.41. The largest absolute Gasteiger partial charge is 0.369 e. The lowest BCUT2D eigenvalue weighted by Gasteiger charge is -2.28. The molecule has 2 aromatic heterocycles. The minimum Gasteiger partial charge on any atom is -0.358 e. The van der Waals surface area contributed by atoms with E-state index >= 15 is 0 Å². The average Bonchev–Trinajstić information content (AvgIpc) is 3.31. The number of allylic oxidation sites excluding steroid dienone is 1. The van der Waals surface area contributed by atoms with E-state index in [4.69, 9.17) is 18.0 Å². The van der Waals surface area contributed by atoms with Crippen molar-refractivity contribution in [1.29, 1.82) is 0 Å². The molecule has 0 saturated heterocycles. The highest BCUT2D eigenvalue weighted by Crippen LogP contribution is 2.26. The van der Waals surface area contributed by atoms with Crippen LogP contribution >= 0.6 is 11.6 Å². The van der Waals surface area contributed by atoms with Gasteiger partial charge in [-0.2, -0.15) is 0 Å². The molecule has 0 fully saturated rings. The number of pyridine rings is 1. The Kier molecular flexibility index (Phi) is 8.88. The Bertz CT molecular complexity index is 1740. The van der Waals surface area contributed by atoms with E-state index in [1.807, 2.05) is 14.1 Å². The number of hydrogen-bond donors (Lipinski definition) is 1. The van der Waals surface area contributed by atoms with Gasteiger partial charge in [0.2, 0.25) is 5.71 Å². The molecule has 0 radical (unpaired) electrons. The van der Waals surface area contributed by atoms with Gasteiger partial charge in [-0.25, -0.2) is 9.97 Å². The third-order valence-corrected chi connectivity index (χ3v) is 6.55. The summed E-state index contributed by atoms with van der Waals surface area (Å²) < 4.78 is 0.408. The number of anilines is 2. The molecule has 0 saturated carbocycles. The standard InChI is InChI=1S/C30H27ClN7O3/c1-5-8-22-14-21(30(36-22)37(40)41)18-38(3,4)12-7-9-25(39)15-24-16-26-28(17-32-24)33-19-34-29(26)35-23-10-11-27(31)20(6-2)13-23/h2,7,9-11,13,16-17,19H,12,14-15,18H2,1,3-4H3,(H,33,34,35)/q+1/b9-7+. The first-order chi connectivity index (χ1) is 19.6. The number of ketones is 1. The first-order valence-corrected chi connectivity index (χ1v) is 13.0. The third-order valence-electron chi connectivity index (χ3n) is 6.22. The van der Waals surface area contributed by atoms with Crippen molar-refractivity contribution in [2.45, 2.75) is 19.8 Å². The summed E-state index contributed by atoms with van der Waals surface area (Å²) in [5.41, 5.74) is 3.56. The summed E-state index contributed by atoms with van der Waals surface area (Å²) in [4.78, 5) is 40.8. The van der Waals surface area contributed by atoms with Gasteiger partial charge in [0.25, 0.3) is 0 Å². The Morgan fingerprint density at radius 2 is 2.07 bits per heavy atom. The molecule has 0 amide bonds. The number of nitro groups is 1. The van der Waals surface area contributed by atoms with Crippen LogP contribution in [0.5, 0.6) is 0 Å². The number of benzene rings is 1. The lowest BCUT2D eigenvalue weighted by atomic mass is 10.1. The molecule has 0 aliphatic carbocycles. The van der Waals surface area contributed by atoms with Gasteiger partial charge in [0.1, 0.15) is 18.7 Å². The highest BCUT2D eigenvalue weighted by Gasteiger charge is 2.32. The molecule has 3 aromatic rings. The summed E-state index contributed by atoms with van der Waals surface area (Å²) in [6.45, 7) is 2.57. The van der Waals surface area contributed by atoms with E-state index in [-0.39, 0.29) is 18.0 Å². The molecular formula is C30H27ClN7O3+. The molecule has 0 unspecified atom stereocenters. The number of nitrogens with one attached hydrogen (secondary N) is 1. The number of terminal acetylenes is 1. The first kappa shape index (κ1) is 29.1. The van der Waals surface area contributed by atoms with Gasteiger partial charge in [-0.15, -0.1) is 6.42 Å². The van der Waals surface area contributed by atoms with Crippen molar-refractivity contribution in [3.05, 3.63) is 86.7 Å². The summed E-state index contributed by atoms with van der Waals surface area (Å²) in [5.74, 6) is 8.38. The number of fused-ring (bicyclic) bond motifs is 1. The van der Waals surface area contributed by atoms with Crippen molar-refractivity contribution in [2.24, 2.45) is 4.99 Å². The van der Waals surface area contributed by atoms with Gasteiger partial charge >= 0.3 is 5.82 Å². The lowest BCUT2D eigenvalue weighted by molar-refractivity contribution is -0.880. The van der Waals surface area contributed by atoms with Gasteiger partial charge in [-0.05, 0) is 59.2 Å².